The van der Waals surface area contributed by atoms with Gasteiger partial charge >= 0.3 is 17.1 Å². The predicted molar refractivity (Wildman–Crippen MR) is 34.5 cm³/mol. The molecule has 0 heterocycles. The summed E-state index contributed by atoms with van der Waals surface area (Å²) >= 11 is 0. The molecule has 0 unspecified atom stereocenters. The van der Waals surface area contributed by atoms with Crippen LogP contribution >= 0.6 is 0 Å². The van der Waals surface area contributed by atoms with E-state index in [1.54, 1.807) is 0 Å². The van der Waals surface area contributed by atoms with Crippen LogP contribution in [0.15, 0.2) is 0 Å². The van der Waals surface area contributed by atoms with Crippen molar-refractivity contribution < 1.29 is 36.9 Å². The second-order valence-corrected chi connectivity index (χ2v) is 1.95. The molecule has 5 nitrogen and oxygen atoms in total. The molecule has 4 N–H and O–H groups in total. The van der Waals surface area contributed by atoms with Crippen LogP contribution in [-0.4, -0.2) is 11.9 Å². The summed E-state index contributed by atoms with van der Waals surface area (Å²) in [4.78, 5) is 19.5. The third-order valence-electron chi connectivity index (χ3n) is 1.01. The van der Waals surface area contributed by atoms with Crippen LogP contribution < -0.4 is 16.4 Å². The molecule has 0 aromatic carbocycles. The zero-order chi connectivity index (χ0) is 7.98. The molecule has 0 radical (unpaired) electrons. The van der Waals surface area contributed by atoms with E-state index in [0.717, 1.165) is 0 Å². The van der Waals surface area contributed by atoms with Crippen molar-refractivity contribution in [3.05, 3.63) is 0 Å². The Labute approximate surface area is 81.2 Å². The average Bonchev–Trinajstić information content (AvgIpc) is 1.79. The number of carboxylic acids is 2. The molecular weight excluding hydrogens is 214 g/mol. The quantitative estimate of drug-likeness (QED) is 0.449. The molecule has 6 heteroatoms. The molecule has 0 aromatic heterocycles. The number of hydrogen-bond acceptors (Lipinski definition) is 4. The Balaban J connectivity index is -0.000000405. The van der Waals surface area contributed by atoms with Crippen LogP contribution in [0.5, 0.6) is 0 Å². The van der Waals surface area contributed by atoms with Gasteiger partial charge in [0.15, 0.2) is 0 Å². The van der Waals surface area contributed by atoms with Crippen LogP contribution in [0.25, 0.3) is 0 Å². The van der Waals surface area contributed by atoms with E-state index in [1.165, 1.54) is 0 Å². The molecule has 0 amide bonds. The summed E-state index contributed by atoms with van der Waals surface area (Å²) in [6.45, 7) is 0. The van der Waals surface area contributed by atoms with Gasteiger partial charge in [0.25, 0.3) is 0 Å². The minimum absolute atomic E-state index is 0. The first kappa shape index (κ1) is 17.5. The third kappa shape index (κ3) is 16.2. The minimum atomic E-state index is -1.14. The van der Waals surface area contributed by atoms with Crippen LogP contribution in [0.3, 0.4) is 0 Å². The molecule has 76 valence electrons. The van der Waals surface area contributed by atoms with E-state index < -0.39 is 11.9 Å². The maximum atomic E-state index is 9.77. The van der Waals surface area contributed by atoms with Crippen molar-refractivity contribution in [3.8, 4) is 0 Å². The van der Waals surface area contributed by atoms with Crippen molar-refractivity contribution in [1.29, 1.82) is 0 Å². The first-order valence-electron chi connectivity index (χ1n) is 3.02. The monoisotopic (exact) mass is 225 g/mol. The largest absolute Gasteiger partial charge is 1.00 e. The number of carbonyl (C=O) groups is 2. The first-order valence-corrected chi connectivity index (χ1v) is 3.02. The van der Waals surface area contributed by atoms with Gasteiger partial charge in [-0.15, -0.1) is 0 Å². The Bertz CT molecular complexity index is 124. The van der Waals surface area contributed by atoms with Gasteiger partial charge in [-0.05, 0) is 25.7 Å². The van der Waals surface area contributed by atoms with E-state index >= 15 is 0 Å². The van der Waals surface area contributed by atoms with Crippen LogP contribution in [-0.2, 0) is 26.7 Å². The molecule has 0 aliphatic heterocycles. The molecule has 0 rings (SSSR count). The van der Waals surface area contributed by atoms with Gasteiger partial charge in [-0.2, -0.15) is 0 Å². The van der Waals surface area contributed by atoms with Crippen LogP contribution in [0.1, 0.15) is 25.7 Å². The summed E-state index contributed by atoms with van der Waals surface area (Å²) in [5, 5.41) is 19.5. The fraction of sp³-hybridized carbons (Fsp3) is 0.667. The van der Waals surface area contributed by atoms with Crippen molar-refractivity contribution in [2.24, 2.45) is 0 Å². The number of quaternary nitrogens is 1. The topological polar surface area (TPSA) is 117 Å². The fourth-order valence-electron chi connectivity index (χ4n) is 0.539. The van der Waals surface area contributed by atoms with Gasteiger partial charge < -0.3 is 26.0 Å². The van der Waals surface area contributed by atoms with E-state index in [9.17, 15) is 19.8 Å². The number of carboxylic acid groups (broad SMARTS) is 2. The van der Waals surface area contributed by atoms with Crippen molar-refractivity contribution in [3.63, 3.8) is 0 Å². The van der Waals surface area contributed by atoms with Crippen LogP contribution in [0.2, 0.25) is 0 Å². The third-order valence-corrected chi connectivity index (χ3v) is 1.01. The van der Waals surface area contributed by atoms with Gasteiger partial charge in [0.1, 0.15) is 0 Å². The van der Waals surface area contributed by atoms with E-state index in [-0.39, 0.29) is 36.1 Å². The van der Waals surface area contributed by atoms with Gasteiger partial charge in [0.2, 0.25) is 0 Å². The van der Waals surface area contributed by atoms with E-state index in [1.807, 2.05) is 0 Å². The summed E-state index contributed by atoms with van der Waals surface area (Å²) in [7, 11) is 0. The number of hydrogen-bond donors (Lipinski definition) is 1. The van der Waals surface area contributed by atoms with Crippen molar-refractivity contribution in [2.75, 3.05) is 0 Å². The molecule has 0 aromatic rings. The first-order chi connectivity index (χ1) is 4.63. The van der Waals surface area contributed by atoms with Crippen LogP contribution in [0.4, 0.5) is 0 Å². The maximum absolute atomic E-state index is 9.77. The molecule has 0 aliphatic rings. The number of rotatable bonds is 5. The summed E-state index contributed by atoms with van der Waals surface area (Å²) in [5.74, 6) is -2.28. The summed E-state index contributed by atoms with van der Waals surface area (Å²) in [5.41, 5.74) is 0. The van der Waals surface area contributed by atoms with Gasteiger partial charge in [0.05, 0.1) is 0 Å². The summed E-state index contributed by atoms with van der Waals surface area (Å²) < 4.78 is 0. The molecular formula is C6H12CuNO4. The zero-order valence-electron chi connectivity index (χ0n) is 6.76. The Hall–Kier alpha value is -0.581. The molecule has 12 heavy (non-hydrogen) atoms. The van der Waals surface area contributed by atoms with Gasteiger partial charge in [-0.25, -0.2) is 0 Å². The summed E-state index contributed by atoms with van der Waals surface area (Å²) in [6, 6.07) is 0. The number of unbranched alkanes of at least 4 members (excludes halogenated alkanes) is 1. The predicted octanol–water partition coefficient (Wildman–Crippen LogP) is -1.58. The molecule has 0 saturated carbocycles. The minimum Gasteiger partial charge on any atom is -0.550 e. The SMILES string of the molecule is O=C([O-])CCCCC(=O)[O-].[Cu+].[NH4+]. The number of aliphatic carboxylic acids is 2. The fourth-order valence-corrected chi connectivity index (χ4v) is 0.539. The van der Waals surface area contributed by atoms with Gasteiger partial charge in [-0.1, -0.05) is 0 Å². The van der Waals surface area contributed by atoms with Gasteiger partial charge in [0, 0.05) is 11.9 Å². The molecule has 0 aliphatic carbocycles. The average molecular weight is 226 g/mol. The normalized spacial score (nSPS) is 7.67. The second-order valence-electron chi connectivity index (χ2n) is 1.95. The summed E-state index contributed by atoms with van der Waals surface area (Å²) in [6.07, 6.45) is 0.535. The van der Waals surface area contributed by atoms with Gasteiger partial charge in [-0.3, -0.25) is 0 Å². The van der Waals surface area contributed by atoms with Crippen LogP contribution in [0, 0.1) is 0 Å². The Morgan fingerprint density at radius 1 is 0.917 bits per heavy atom. The van der Waals surface area contributed by atoms with Crippen molar-refractivity contribution >= 4 is 11.9 Å². The molecule has 0 fully saturated rings. The molecule has 0 spiro atoms. The second kappa shape index (κ2) is 10.4. The zero-order valence-corrected chi connectivity index (χ0v) is 7.70. The maximum Gasteiger partial charge on any atom is 1.00 e. The molecule has 0 bridgehead atoms. The Kier molecular flexibility index (Phi) is 15.2. The number of carbonyl (C=O) groups excluding carboxylic acids is 2. The Morgan fingerprint density at radius 2 is 1.17 bits per heavy atom. The van der Waals surface area contributed by atoms with E-state index in [2.05, 4.69) is 0 Å². The van der Waals surface area contributed by atoms with E-state index in [0.29, 0.717) is 12.8 Å². The smallest absolute Gasteiger partial charge is 0.550 e. The molecule has 0 saturated heterocycles. The van der Waals surface area contributed by atoms with Crippen molar-refractivity contribution in [2.45, 2.75) is 25.7 Å². The van der Waals surface area contributed by atoms with E-state index in [4.69, 9.17) is 0 Å². The standard InChI is InChI=1S/C6H10O4.Cu.H3N/c7-5(8)3-1-2-4-6(9)10;;/h1-4H2,(H,7,8)(H,9,10);;1H3/q;+1;/p-1. The van der Waals surface area contributed by atoms with Crippen molar-refractivity contribution in [1.82, 2.24) is 6.15 Å². The molecule has 0 atom stereocenters. The Morgan fingerprint density at radius 3 is 1.33 bits per heavy atom.